The molecule has 2 aromatic carbocycles. The number of hydrogen-bond acceptors (Lipinski definition) is 4. The van der Waals surface area contributed by atoms with Gasteiger partial charge in [-0.15, -0.1) is 0 Å². The molecule has 0 aliphatic rings. The predicted octanol–water partition coefficient (Wildman–Crippen LogP) is 3.61. The zero-order valence-corrected chi connectivity index (χ0v) is 10.7. The van der Waals surface area contributed by atoms with E-state index in [0.717, 1.165) is 11.1 Å². The fourth-order valence-electron chi connectivity index (χ4n) is 1.87. The Morgan fingerprint density at radius 3 is 2.68 bits per heavy atom. The predicted molar refractivity (Wildman–Crippen MR) is 78.7 cm³/mol. The molecule has 94 valence electrons. The summed E-state index contributed by atoms with van der Waals surface area (Å²) >= 11 is 6.02. The largest absolute Gasteiger partial charge is 0.368 e. The Kier molecular flexibility index (Phi) is 2.93. The van der Waals surface area contributed by atoms with Crippen LogP contribution in [0.15, 0.2) is 48.7 Å². The minimum Gasteiger partial charge on any atom is -0.368 e. The summed E-state index contributed by atoms with van der Waals surface area (Å²) in [5.41, 5.74) is 6.45. The second-order valence-corrected chi connectivity index (χ2v) is 4.52. The van der Waals surface area contributed by atoms with E-state index in [1.54, 1.807) is 0 Å². The van der Waals surface area contributed by atoms with E-state index in [4.69, 9.17) is 17.3 Å². The molecule has 0 radical (unpaired) electrons. The molecule has 19 heavy (non-hydrogen) atoms. The second kappa shape index (κ2) is 4.74. The fourth-order valence-corrected chi connectivity index (χ4v) is 2.01. The molecule has 0 spiro atoms. The Labute approximate surface area is 115 Å². The first-order chi connectivity index (χ1) is 9.22. The number of aromatic nitrogens is 2. The third-order valence-corrected chi connectivity index (χ3v) is 3.05. The topological polar surface area (TPSA) is 63.8 Å². The SMILES string of the molecule is Nc1ncc(Cl)c(Nc2ccc3ccccc3c2)n1. The van der Waals surface area contributed by atoms with Crippen LogP contribution >= 0.6 is 11.6 Å². The normalized spacial score (nSPS) is 10.6. The number of anilines is 3. The molecule has 3 N–H and O–H groups in total. The summed E-state index contributed by atoms with van der Waals surface area (Å²) in [6, 6.07) is 14.2. The van der Waals surface area contributed by atoms with Gasteiger partial charge in [-0.05, 0) is 22.9 Å². The van der Waals surface area contributed by atoms with Crippen molar-refractivity contribution >= 4 is 39.8 Å². The van der Waals surface area contributed by atoms with Gasteiger partial charge in [0.05, 0.1) is 6.20 Å². The Bertz CT molecular complexity index is 742. The third-order valence-electron chi connectivity index (χ3n) is 2.77. The van der Waals surface area contributed by atoms with Crippen LogP contribution in [-0.4, -0.2) is 9.97 Å². The van der Waals surface area contributed by atoms with Crippen molar-refractivity contribution in [1.82, 2.24) is 9.97 Å². The van der Waals surface area contributed by atoms with Crippen molar-refractivity contribution in [3.05, 3.63) is 53.7 Å². The first-order valence-electron chi connectivity index (χ1n) is 5.76. The van der Waals surface area contributed by atoms with Gasteiger partial charge in [0.15, 0.2) is 5.82 Å². The first kappa shape index (κ1) is 11.7. The van der Waals surface area contributed by atoms with Gasteiger partial charge in [-0.2, -0.15) is 4.98 Å². The van der Waals surface area contributed by atoms with Gasteiger partial charge in [0.1, 0.15) is 5.02 Å². The van der Waals surface area contributed by atoms with Gasteiger partial charge in [0.25, 0.3) is 0 Å². The van der Waals surface area contributed by atoms with E-state index in [9.17, 15) is 0 Å². The van der Waals surface area contributed by atoms with Crippen molar-refractivity contribution < 1.29 is 0 Å². The number of nitrogens with one attached hydrogen (secondary N) is 1. The van der Waals surface area contributed by atoms with Crippen LogP contribution in [0.1, 0.15) is 0 Å². The summed E-state index contributed by atoms with van der Waals surface area (Å²) in [6.07, 6.45) is 1.48. The lowest BCUT2D eigenvalue weighted by Gasteiger charge is -2.08. The summed E-state index contributed by atoms with van der Waals surface area (Å²) in [6.45, 7) is 0. The number of benzene rings is 2. The van der Waals surface area contributed by atoms with Gasteiger partial charge in [0.2, 0.25) is 5.95 Å². The van der Waals surface area contributed by atoms with Crippen LogP contribution in [0.25, 0.3) is 10.8 Å². The summed E-state index contributed by atoms with van der Waals surface area (Å²) in [5.74, 6) is 0.692. The monoisotopic (exact) mass is 270 g/mol. The summed E-state index contributed by atoms with van der Waals surface area (Å²) in [7, 11) is 0. The van der Waals surface area contributed by atoms with E-state index < -0.39 is 0 Å². The van der Waals surface area contributed by atoms with Gasteiger partial charge in [-0.3, -0.25) is 0 Å². The van der Waals surface area contributed by atoms with Gasteiger partial charge in [-0.1, -0.05) is 41.9 Å². The van der Waals surface area contributed by atoms with Crippen molar-refractivity contribution in [2.24, 2.45) is 0 Å². The Morgan fingerprint density at radius 2 is 1.84 bits per heavy atom. The molecule has 0 saturated heterocycles. The molecule has 5 heteroatoms. The molecule has 0 saturated carbocycles. The lowest BCUT2D eigenvalue weighted by molar-refractivity contribution is 1.18. The maximum Gasteiger partial charge on any atom is 0.222 e. The van der Waals surface area contributed by atoms with E-state index in [-0.39, 0.29) is 5.95 Å². The number of rotatable bonds is 2. The molecular formula is C14H11ClN4. The number of nitrogen functional groups attached to an aromatic ring is 1. The van der Waals surface area contributed by atoms with Crippen molar-refractivity contribution in [3.8, 4) is 0 Å². The minimum atomic E-state index is 0.188. The smallest absolute Gasteiger partial charge is 0.222 e. The Hall–Kier alpha value is -2.33. The molecule has 1 heterocycles. The molecule has 0 bridgehead atoms. The molecule has 0 aliphatic carbocycles. The second-order valence-electron chi connectivity index (χ2n) is 4.11. The maximum absolute atomic E-state index is 6.02. The van der Waals surface area contributed by atoms with E-state index in [1.807, 2.05) is 30.3 Å². The number of halogens is 1. The number of hydrogen-bond donors (Lipinski definition) is 2. The van der Waals surface area contributed by atoms with Crippen LogP contribution in [-0.2, 0) is 0 Å². The Morgan fingerprint density at radius 1 is 1.05 bits per heavy atom. The zero-order valence-electron chi connectivity index (χ0n) is 9.97. The number of fused-ring (bicyclic) bond motifs is 1. The molecule has 3 aromatic rings. The lowest BCUT2D eigenvalue weighted by Crippen LogP contribution is -2.00. The minimum absolute atomic E-state index is 0.188. The van der Waals surface area contributed by atoms with Crippen LogP contribution < -0.4 is 11.1 Å². The molecule has 0 unspecified atom stereocenters. The van der Waals surface area contributed by atoms with Crippen molar-refractivity contribution in [3.63, 3.8) is 0 Å². The molecule has 0 amide bonds. The Balaban J connectivity index is 1.98. The molecule has 0 atom stereocenters. The van der Waals surface area contributed by atoms with Gasteiger partial charge >= 0.3 is 0 Å². The van der Waals surface area contributed by atoms with Crippen LogP contribution in [0.2, 0.25) is 5.02 Å². The molecule has 1 aromatic heterocycles. The van der Waals surface area contributed by atoms with Crippen LogP contribution in [0.3, 0.4) is 0 Å². The van der Waals surface area contributed by atoms with Crippen LogP contribution in [0.5, 0.6) is 0 Å². The first-order valence-corrected chi connectivity index (χ1v) is 6.14. The van der Waals surface area contributed by atoms with E-state index in [2.05, 4.69) is 27.4 Å². The van der Waals surface area contributed by atoms with Gasteiger partial charge in [-0.25, -0.2) is 4.98 Å². The molecule has 4 nitrogen and oxygen atoms in total. The summed E-state index contributed by atoms with van der Waals surface area (Å²) < 4.78 is 0. The molecule has 0 aliphatic heterocycles. The quantitative estimate of drug-likeness (QED) is 0.747. The molecular weight excluding hydrogens is 260 g/mol. The third kappa shape index (κ3) is 2.44. The van der Waals surface area contributed by atoms with E-state index in [0.29, 0.717) is 10.8 Å². The highest BCUT2D eigenvalue weighted by atomic mass is 35.5. The summed E-state index contributed by atoms with van der Waals surface area (Å²) in [4.78, 5) is 7.90. The highest BCUT2D eigenvalue weighted by molar-refractivity contribution is 6.32. The van der Waals surface area contributed by atoms with E-state index in [1.165, 1.54) is 11.6 Å². The van der Waals surface area contributed by atoms with Crippen molar-refractivity contribution in [2.75, 3.05) is 11.1 Å². The fraction of sp³-hybridized carbons (Fsp3) is 0. The maximum atomic E-state index is 6.02. The van der Waals surface area contributed by atoms with Crippen molar-refractivity contribution in [2.45, 2.75) is 0 Å². The van der Waals surface area contributed by atoms with Crippen LogP contribution in [0, 0.1) is 0 Å². The lowest BCUT2D eigenvalue weighted by atomic mass is 10.1. The van der Waals surface area contributed by atoms with Gasteiger partial charge in [0, 0.05) is 5.69 Å². The standard InChI is InChI=1S/C14H11ClN4/c15-12-8-17-14(16)19-13(12)18-11-6-5-9-3-1-2-4-10(9)7-11/h1-8H,(H3,16,17,18,19). The number of nitrogens with zero attached hydrogens (tertiary/aromatic N) is 2. The van der Waals surface area contributed by atoms with Gasteiger partial charge < -0.3 is 11.1 Å². The average molecular weight is 271 g/mol. The highest BCUT2D eigenvalue weighted by Crippen LogP contribution is 2.25. The average Bonchev–Trinajstić information content (AvgIpc) is 2.43. The van der Waals surface area contributed by atoms with Crippen molar-refractivity contribution in [1.29, 1.82) is 0 Å². The van der Waals surface area contributed by atoms with Crippen LogP contribution in [0.4, 0.5) is 17.5 Å². The number of nitrogens with two attached hydrogens (primary N) is 1. The molecule has 3 rings (SSSR count). The molecule has 0 fully saturated rings. The summed E-state index contributed by atoms with van der Waals surface area (Å²) in [5, 5.41) is 5.90. The zero-order chi connectivity index (χ0) is 13.2. The van der Waals surface area contributed by atoms with E-state index >= 15 is 0 Å². The highest BCUT2D eigenvalue weighted by Gasteiger charge is 2.04.